The van der Waals surface area contributed by atoms with E-state index < -0.39 is 0 Å². The van der Waals surface area contributed by atoms with E-state index in [0.717, 1.165) is 12.5 Å². The predicted molar refractivity (Wildman–Crippen MR) is 134 cm³/mol. The van der Waals surface area contributed by atoms with Crippen LogP contribution >= 0.6 is 0 Å². The number of hydrogen-bond acceptors (Lipinski definition) is 2. The quantitative estimate of drug-likeness (QED) is 0.430. The maximum Gasteiger partial charge on any atom is 0.137 e. The molecule has 0 N–H and O–H groups in total. The Hall–Kier alpha value is -2.42. The third-order valence-electron chi connectivity index (χ3n) is 7.76. The Bertz CT molecular complexity index is 1090. The van der Waals surface area contributed by atoms with Crippen LogP contribution in [0.15, 0.2) is 78.9 Å². The number of ether oxygens (including phenoxy) is 1. The first kappa shape index (κ1) is 21.4. The van der Waals surface area contributed by atoms with Crippen molar-refractivity contribution in [1.82, 2.24) is 4.90 Å². The van der Waals surface area contributed by atoms with Crippen molar-refractivity contribution in [2.24, 2.45) is 11.8 Å². The maximum atomic E-state index is 6.94. The predicted octanol–water partition coefficient (Wildman–Crippen LogP) is 7.47. The van der Waals surface area contributed by atoms with E-state index in [1.54, 1.807) is 0 Å². The molecule has 2 fully saturated rings. The minimum absolute atomic E-state index is 0.0263. The summed E-state index contributed by atoms with van der Waals surface area (Å²) in [5.41, 5.74) is 2.58. The summed E-state index contributed by atoms with van der Waals surface area (Å²) in [4.78, 5) is 2.59. The summed E-state index contributed by atoms with van der Waals surface area (Å²) in [5.74, 6) is 1.31. The molecule has 32 heavy (non-hydrogen) atoms. The Morgan fingerprint density at radius 2 is 1.69 bits per heavy atom. The van der Waals surface area contributed by atoms with E-state index in [1.807, 2.05) is 0 Å². The molecule has 0 bridgehead atoms. The Morgan fingerprint density at radius 3 is 2.50 bits per heavy atom. The lowest BCUT2D eigenvalue weighted by Crippen LogP contribution is -2.61. The molecule has 166 valence electrons. The van der Waals surface area contributed by atoms with Gasteiger partial charge in [0.05, 0.1) is 6.10 Å². The van der Waals surface area contributed by atoms with Gasteiger partial charge in [0, 0.05) is 18.0 Å². The summed E-state index contributed by atoms with van der Waals surface area (Å²) in [5, 5.41) is 2.57. The minimum Gasteiger partial charge on any atom is -0.355 e. The average molecular weight is 426 g/mol. The van der Waals surface area contributed by atoms with E-state index >= 15 is 0 Å². The molecule has 3 aromatic rings. The number of fused-ring (bicyclic) bond motifs is 2. The molecule has 4 atom stereocenters. The van der Waals surface area contributed by atoms with Crippen LogP contribution in [0.25, 0.3) is 16.8 Å². The lowest BCUT2D eigenvalue weighted by atomic mass is 9.69. The molecule has 2 nitrogen and oxygen atoms in total. The molecular formula is C30H35NO. The molecule has 1 aliphatic carbocycles. The average Bonchev–Trinajstić information content (AvgIpc) is 2.80. The Balaban J connectivity index is 1.50. The second-order valence-electron chi connectivity index (χ2n) is 10.3. The van der Waals surface area contributed by atoms with Crippen LogP contribution in [0, 0.1) is 11.8 Å². The highest BCUT2D eigenvalue weighted by molar-refractivity contribution is 5.83. The highest BCUT2D eigenvalue weighted by Crippen LogP contribution is 2.49. The molecule has 1 saturated heterocycles. The third-order valence-corrected chi connectivity index (χ3v) is 7.76. The van der Waals surface area contributed by atoms with Crippen LogP contribution in [0.3, 0.4) is 0 Å². The SMILES string of the molecule is C[C@@H]1CC[C@@H]2[C@@H](C1)O[C@@H](c1ccc3ccccc3c1)N(C/C=C/c1ccccc1)C2(C)C. The second kappa shape index (κ2) is 8.84. The van der Waals surface area contributed by atoms with Crippen LogP contribution in [-0.2, 0) is 4.74 Å². The topological polar surface area (TPSA) is 12.5 Å². The third kappa shape index (κ3) is 4.14. The van der Waals surface area contributed by atoms with Gasteiger partial charge < -0.3 is 4.74 Å². The van der Waals surface area contributed by atoms with Crippen molar-refractivity contribution in [3.63, 3.8) is 0 Å². The van der Waals surface area contributed by atoms with Crippen LogP contribution in [0.5, 0.6) is 0 Å². The molecular weight excluding hydrogens is 390 g/mol. The normalized spacial score (nSPS) is 28.1. The summed E-state index contributed by atoms with van der Waals surface area (Å²) in [6.07, 6.45) is 8.58. The zero-order valence-corrected chi connectivity index (χ0v) is 19.6. The smallest absolute Gasteiger partial charge is 0.137 e. The van der Waals surface area contributed by atoms with Crippen molar-refractivity contribution in [3.05, 3.63) is 90.0 Å². The summed E-state index contributed by atoms with van der Waals surface area (Å²) in [6, 6.07) is 26.0. The first-order chi connectivity index (χ1) is 15.5. The van der Waals surface area contributed by atoms with E-state index in [0.29, 0.717) is 12.0 Å². The molecule has 1 heterocycles. The first-order valence-electron chi connectivity index (χ1n) is 12.1. The molecule has 0 amide bonds. The molecule has 3 aromatic carbocycles. The molecule has 1 aliphatic heterocycles. The van der Waals surface area contributed by atoms with Gasteiger partial charge in [-0.15, -0.1) is 0 Å². The molecule has 0 radical (unpaired) electrons. The van der Waals surface area contributed by atoms with Crippen molar-refractivity contribution in [1.29, 1.82) is 0 Å². The molecule has 0 unspecified atom stereocenters. The molecule has 1 saturated carbocycles. The fourth-order valence-corrected chi connectivity index (χ4v) is 5.86. The minimum atomic E-state index is -0.0263. The summed E-state index contributed by atoms with van der Waals surface area (Å²) >= 11 is 0. The van der Waals surface area contributed by atoms with E-state index in [2.05, 4.69) is 111 Å². The van der Waals surface area contributed by atoms with Gasteiger partial charge in [-0.1, -0.05) is 92.2 Å². The van der Waals surface area contributed by atoms with Crippen molar-refractivity contribution in [2.45, 2.75) is 57.9 Å². The van der Waals surface area contributed by atoms with Crippen LogP contribution in [0.1, 0.15) is 57.4 Å². The largest absolute Gasteiger partial charge is 0.355 e. The molecule has 0 aromatic heterocycles. The molecule has 2 heteroatoms. The highest BCUT2D eigenvalue weighted by atomic mass is 16.5. The van der Waals surface area contributed by atoms with Gasteiger partial charge in [0.2, 0.25) is 0 Å². The van der Waals surface area contributed by atoms with Gasteiger partial charge in [-0.3, -0.25) is 4.90 Å². The zero-order chi connectivity index (χ0) is 22.1. The van der Waals surface area contributed by atoms with Gasteiger partial charge in [0.1, 0.15) is 6.23 Å². The summed E-state index contributed by atoms with van der Waals surface area (Å²) in [7, 11) is 0. The highest BCUT2D eigenvalue weighted by Gasteiger charge is 2.50. The van der Waals surface area contributed by atoms with Crippen molar-refractivity contribution in [3.8, 4) is 0 Å². The number of hydrogen-bond donors (Lipinski definition) is 0. The van der Waals surface area contributed by atoms with Crippen molar-refractivity contribution >= 4 is 16.8 Å². The number of rotatable bonds is 4. The summed E-state index contributed by atoms with van der Waals surface area (Å²) in [6.45, 7) is 8.13. The van der Waals surface area contributed by atoms with Crippen molar-refractivity contribution < 1.29 is 4.74 Å². The van der Waals surface area contributed by atoms with Gasteiger partial charge in [0.25, 0.3) is 0 Å². The zero-order valence-electron chi connectivity index (χ0n) is 19.6. The lowest BCUT2D eigenvalue weighted by molar-refractivity contribution is -0.233. The lowest BCUT2D eigenvalue weighted by Gasteiger charge is -2.57. The maximum absolute atomic E-state index is 6.94. The van der Waals surface area contributed by atoms with Crippen LogP contribution in [0.2, 0.25) is 0 Å². The number of benzene rings is 3. The van der Waals surface area contributed by atoms with E-state index in [1.165, 1.54) is 41.2 Å². The Kier molecular flexibility index (Phi) is 5.92. The van der Waals surface area contributed by atoms with Crippen LogP contribution in [0.4, 0.5) is 0 Å². The van der Waals surface area contributed by atoms with Crippen LogP contribution < -0.4 is 0 Å². The van der Waals surface area contributed by atoms with Gasteiger partial charge in [-0.2, -0.15) is 0 Å². The summed E-state index contributed by atoms with van der Waals surface area (Å²) < 4.78 is 6.94. The van der Waals surface area contributed by atoms with E-state index in [4.69, 9.17) is 4.74 Å². The number of nitrogens with zero attached hydrogens (tertiary/aromatic N) is 1. The van der Waals surface area contributed by atoms with Gasteiger partial charge >= 0.3 is 0 Å². The molecule has 0 spiro atoms. The standard InChI is InChI=1S/C30H35NO/c1-22-15-18-27-28(20-22)32-29(26-17-16-24-13-7-8-14-25(24)21-26)31(30(27,2)3)19-9-12-23-10-5-4-6-11-23/h4-14,16-17,21-22,27-29H,15,18-20H2,1-3H3/b12-9+/t22-,27-,28-,29+/m1/s1. The Morgan fingerprint density at radius 1 is 0.938 bits per heavy atom. The van der Waals surface area contributed by atoms with Crippen molar-refractivity contribution in [2.75, 3.05) is 6.54 Å². The Labute approximate surface area is 192 Å². The fraction of sp³-hybridized carbons (Fsp3) is 0.400. The molecule has 5 rings (SSSR count). The van der Waals surface area contributed by atoms with Gasteiger partial charge in [-0.25, -0.2) is 0 Å². The van der Waals surface area contributed by atoms with Crippen LogP contribution in [-0.4, -0.2) is 23.1 Å². The van der Waals surface area contributed by atoms with E-state index in [-0.39, 0.29) is 11.8 Å². The molecule has 2 aliphatic rings. The fourth-order valence-electron chi connectivity index (χ4n) is 5.86. The monoisotopic (exact) mass is 425 g/mol. The first-order valence-corrected chi connectivity index (χ1v) is 12.1. The van der Waals surface area contributed by atoms with E-state index in [9.17, 15) is 0 Å². The van der Waals surface area contributed by atoms with Gasteiger partial charge in [-0.05, 0) is 60.6 Å². The van der Waals surface area contributed by atoms with Gasteiger partial charge in [0.15, 0.2) is 0 Å². The second-order valence-corrected chi connectivity index (χ2v) is 10.3.